The van der Waals surface area contributed by atoms with E-state index in [1.165, 1.54) is 31.5 Å². The second-order valence-electron chi connectivity index (χ2n) is 4.04. The second-order valence-corrected chi connectivity index (χ2v) is 4.04. The van der Waals surface area contributed by atoms with Crippen molar-refractivity contribution in [1.82, 2.24) is 4.98 Å². The first kappa shape index (κ1) is 12.9. The summed E-state index contributed by atoms with van der Waals surface area (Å²) >= 11 is 0. The summed E-state index contributed by atoms with van der Waals surface area (Å²) in [6, 6.07) is 2.94. The third kappa shape index (κ3) is 4.60. The molecule has 2 nitrogen and oxygen atoms in total. The molecule has 0 saturated heterocycles. The van der Waals surface area contributed by atoms with Crippen molar-refractivity contribution in [3.8, 4) is 5.75 Å². The Kier molecular flexibility index (Phi) is 5.83. The molecule has 90 valence electrons. The average molecular weight is 225 g/mol. The predicted molar refractivity (Wildman–Crippen MR) is 63.0 cm³/mol. The van der Waals surface area contributed by atoms with Crippen LogP contribution in [-0.4, -0.2) is 11.6 Å². The van der Waals surface area contributed by atoms with Crippen LogP contribution in [0.25, 0.3) is 0 Å². The van der Waals surface area contributed by atoms with Gasteiger partial charge in [-0.25, -0.2) is 4.98 Å². The van der Waals surface area contributed by atoms with Gasteiger partial charge in [0.2, 0.25) is 5.95 Å². The minimum Gasteiger partial charge on any atom is -0.492 e. The molecule has 1 unspecified atom stereocenters. The highest BCUT2D eigenvalue weighted by molar-refractivity contribution is 5.16. The number of unbranched alkanes of at least 4 members (excludes halogenated alkanes) is 1. The standard InChI is InChI=1S/C13H20FNO/c1-3-5-6-11(4-2)10-16-12-7-8-13(14)15-9-12/h7-9,11H,3-6,10H2,1-2H3. The molecule has 0 aliphatic rings. The maximum atomic E-state index is 12.6. The van der Waals surface area contributed by atoms with Gasteiger partial charge in [-0.3, -0.25) is 0 Å². The minimum absolute atomic E-state index is 0.467. The third-order valence-corrected chi connectivity index (χ3v) is 2.73. The Morgan fingerprint density at radius 2 is 2.19 bits per heavy atom. The molecule has 1 rings (SSSR count). The zero-order valence-corrected chi connectivity index (χ0v) is 10.1. The van der Waals surface area contributed by atoms with E-state index in [0.29, 0.717) is 18.3 Å². The van der Waals surface area contributed by atoms with Crippen LogP contribution in [0.4, 0.5) is 4.39 Å². The van der Waals surface area contributed by atoms with Crippen LogP contribution in [-0.2, 0) is 0 Å². The summed E-state index contributed by atoms with van der Waals surface area (Å²) in [6.45, 7) is 5.06. The van der Waals surface area contributed by atoms with E-state index in [4.69, 9.17) is 4.74 Å². The van der Waals surface area contributed by atoms with Crippen molar-refractivity contribution in [2.45, 2.75) is 39.5 Å². The van der Waals surface area contributed by atoms with Gasteiger partial charge in [0, 0.05) is 0 Å². The Labute approximate surface area is 96.8 Å². The van der Waals surface area contributed by atoms with Gasteiger partial charge < -0.3 is 4.74 Å². The van der Waals surface area contributed by atoms with Gasteiger partial charge in [0.05, 0.1) is 12.8 Å². The number of aromatic nitrogens is 1. The first-order valence-electron chi connectivity index (χ1n) is 6.00. The molecule has 0 saturated carbocycles. The quantitative estimate of drug-likeness (QED) is 0.658. The smallest absolute Gasteiger partial charge is 0.213 e. The molecule has 1 atom stereocenters. The van der Waals surface area contributed by atoms with Crippen LogP contribution in [0.15, 0.2) is 18.3 Å². The minimum atomic E-state index is -0.467. The zero-order chi connectivity index (χ0) is 11.8. The Balaban J connectivity index is 2.34. The van der Waals surface area contributed by atoms with Crippen LogP contribution in [0, 0.1) is 11.9 Å². The van der Waals surface area contributed by atoms with Gasteiger partial charge in [0.25, 0.3) is 0 Å². The number of nitrogens with zero attached hydrogens (tertiary/aromatic N) is 1. The summed E-state index contributed by atoms with van der Waals surface area (Å²) in [4.78, 5) is 3.55. The summed E-state index contributed by atoms with van der Waals surface area (Å²) in [5.74, 6) is 0.770. The lowest BCUT2D eigenvalue weighted by molar-refractivity contribution is 0.232. The molecule has 16 heavy (non-hydrogen) atoms. The van der Waals surface area contributed by atoms with Crippen molar-refractivity contribution in [1.29, 1.82) is 0 Å². The molecule has 1 aromatic rings. The number of pyridine rings is 1. The molecule has 0 fully saturated rings. The SMILES string of the molecule is CCCCC(CC)COc1ccc(F)nc1. The van der Waals surface area contributed by atoms with Gasteiger partial charge in [-0.1, -0.05) is 33.1 Å². The lowest BCUT2D eigenvalue weighted by atomic mass is 10.0. The van der Waals surface area contributed by atoms with Gasteiger partial charge >= 0.3 is 0 Å². The van der Waals surface area contributed by atoms with Crippen LogP contribution in [0.2, 0.25) is 0 Å². The third-order valence-electron chi connectivity index (χ3n) is 2.73. The molecular weight excluding hydrogens is 205 g/mol. The number of ether oxygens (including phenoxy) is 1. The van der Waals surface area contributed by atoms with E-state index in [2.05, 4.69) is 18.8 Å². The Hall–Kier alpha value is -1.12. The zero-order valence-electron chi connectivity index (χ0n) is 10.1. The van der Waals surface area contributed by atoms with E-state index < -0.39 is 5.95 Å². The van der Waals surface area contributed by atoms with Crippen molar-refractivity contribution < 1.29 is 9.13 Å². The Morgan fingerprint density at radius 3 is 2.75 bits per heavy atom. The molecule has 0 bridgehead atoms. The second kappa shape index (κ2) is 7.20. The lowest BCUT2D eigenvalue weighted by Crippen LogP contribution is -2.11. The van der Waals surface area contributed by atoms with Crippen molar-refractivity contribution in [3.05, 3.63) is 24.3 Å². The molecule has 0 aliphatic carbocycles. The molecule has 0 aliphatic heterocycles. The highest BCUT2D eigenvalue weighted by Crippen LogP contribution is 2.15. The van der Waals surface area contributed by atoms with E-state index in [0.717, 1.165) is 6.42 Å². The number of hydrogen-bond donors (Lipinski definition) is 0. The van der Waals surface area contributed by atoms with Crippen LogP contribution in [0.3, 0.4) is 0 Å². The fraction of sp³-hybridized carbons (Fsp3) is 0.615. The van der Waals surface area contributed by atoms with Crippen molar-refractivity contribution >= 4 is 0 Å². The maximum absolute atomic E-state index is 12.6. The number of hydrogen-bond acceptors (Lipinski definition) is 2. The fourth-order valence-electron chi connectivity index (χ4n) is 1.56. The first-order valence-corrected chi connectivity index (χ1v) is 6.00. The van der Waals surface area contributed by atoms with Crippen molar-refractivity contribution in [2.24, 2.45) is 5.92 Å². The first-order chi connectivity index (χ1) is 7.76. The summed E-state index contributed by atoms with van der Waals surface area (Å²) < 4.78 is 18.1. The maximum Gasteiger partial charge on any atom is 0.213 e. The summed E-state index contributed by atoms with van der Waals surface area (Å²) in [5.41, 5.74) is 0. The van der Waals surface area contributed by atoms with E-state index in [1.54, 1.807) is 6.07 Å². The van der Waals surface area contributed by atoms with Gasteiger partial charge in [-0.2, -0.15) is 4.39 Å². The van der Waals surface area contributed by atoms with Gasteiger partial charge in [-0.05, 0) is 24.5 Å². The molecule has 1 aromatic heterocycles. The van der Waals surface area contributed by atoms with E-state index >= 15 is 0 Å². The van der Waals surface area contributed by atoms with E-state index in [-0.39, 0.29) is 0 Å². The fourth-order valence-corrected chi connectivity index (χ4v) is 1.56. The Morgan fingerprint density at radius 1 is 1.38 bits per heavy atom. The molecule has 1 heterocycles. The van der Waals surface area contributed by atoms with Gasteiger partial charge in [0.1, 0.15) is 5.75 Å². The molecular formula is C13H20FNO. The topological polar surface area (TPSA) is 22.1 Å². The van der Waals surface area contributed by atoms with Crippen molar-refractivity contribution in [2.75, 3.05) is 6.61 Å². The van der Waals surface area contributed by atoms with Gasteiger partial charge in [-0.15, -0.1) is 0 Å². The van der Waals surface area contributed by atoms with Crippen LogP contribution in [0.1, 0.15) is 39.5 Å². The highest BCUT2D eigenvalue weighted by atomic mass is 19.1. The Bertz CT molecular complexity index is 286. The summed E-state index contributed by atoms with van der Waals surface area (Å²) in [6.07, 6.45) is 6.20. The molecule has 0 spiro atoms. The number of rotatable bonds is 7. The van der Waals surface area contributed by atoms with Crippen LogP contribution >= 0.6 is 0 Å². The van der Waals surface area contributed by atoms with E-state index in [1.807, 2.05) is 0 Å². The molecule has 3 heteroatoms. The van der Waals surface area contributed by atoms with Crippen LogP contribution in [0.5, 0.6) is 5.75 Å². The lowest BCUT2D eigenvalue weighted by Gasteiger charge is -2.15. The summed E-state index contributed by atoms with van der Waals surface area (Å²) in [5, 5.41) is 0. The molecule has 0 aromatic carbocycles. The monoisotopic (exact) mass is 225 g/mol. The normalized spacial score (nSPS) is 12.4. The van der Waals surface area contributed by atoms with Crippen LogP contribution < -0.4 is 4.74 Å². The van der Waals surface area contributed by atoms with Gasteiger partial charge in [0.15, 0.2) is 0 Å². The van der Waals surface area contributed by atoms with Crippen molar-refractivity contribution in [3.63, 3.8) is 0 Å². The average Bonchev–Trinajstić information content (AvgIpc) is 2.32. The molecule has 0 radical (unpaired) electrons. The number of halogens is 1. The molecule has 0 amide bonds. The largest absolute Gasteiger partial charge is 0.492 e. The highest BCUT2D eigenvalue weighted by Gasteiger charge is 2.06. The van der Waals surface area contributed by atoms with E-state index in [9.17, 15) is 4.39 Å². The summed E-state index contributed by atoms with van der Waals surface area (Å²) in [7, 11) is 0. The molecule has 0 N–H and O–H groups in total. The predicted octanol–water partition coefficient (Wildman–Crippen LogP) is 3.82.